The molecule has 0 amide bonds. The van der Waals surface area contributed by atoms with Crippen LogP contribution in [0, 0.1) is 13.8 Å². The Bertz CT molecular complexity index is 865. The van der Waals surface area contributed by atoms with E-state index in [1.165, 1.54) is 38.6 Å². The number of hydrogen-bond acceptors (Lipinski definition) is 0. The third kappa shape index (κ3) is 2.17. The Morgan fingerprint density at radius 1 is 0.727 bits per heavy atom. The van der Waals surface area contributed by atoms with Crippen molar-refractivity contribution in [1.82, 2.24) is 0 Å². The molecule has 3 aromatic carbocycles. The fraction of sp³-hybridized carbons (Fsp3) is 0.0909. The van der Waals surface area contributed by atoms with E-state index in [0.29, 0.717) is 0 Å². The molecule has 0 fully saturated rings. The standard InChI is InChI=1S/C22H20/c1-5-18-16(4)20-9-7-8-10-21(20)22(19(18)6-2)17-13-11-15(3)12-14-17/h5-14H,1-2H2,3-4H3. The van der Waals surface area contributed by atoms with Gasteiger partial charge in [0, 0.05) is 0 Å². The summed E-state index contributed by atoms with van der Waals surface area (Å²) in [6.45, 7) is 12.3. The van der Waals surface area contributed by atoms with Crippen LogP contribution in [0.15, 0.2) is 61.7 Å². The molecule has 0 aliphatic heterocycles. The lowest BCUT2D eigenvalue weighted by atomic mass is 9.86. The number of fused-ring (bicyclic) bond motifs is 1. The van der Waals surface area contributed by atoms with Gasteiger partial charge in [0.2, 0.25) is 0 Å². The molecule has 0 aromatic heterocycles. The molecular weight excluding hydrogens is 264 g/mol. The third-order valence-electron chi connectivity index (χ3n) is 4.31. The van der Waals surface area contributed by atoms with Gasteiger partial charge >= 0.3 is 0 Å². The second-order valence-electron chi connectivity index (χ2n) is 5.65. The van der Waals surface area contributed by atoms with Crippen molar-refractivity contribution in [1.29, 1.82) is 0 Å². The van der Waals surface area contributed by atoms with E-state index >= 15 is 0 Å². The molecule has 0 bridgehead atoms. The molecule has 0 saturated carbocycles. The van der Waals surface area contributed by atoms with Crippen LogP contribution in [0.3, 0.4) is 0 Å². The van der Waals surface area contributed by atoms with Crippen LogP contribution in [0.2, 0.25) is 0 Å². The van der Waals surface area contributed by atoms with Crippen molar-refractivity contribution >= 4 is 22.9 Å². The van der Waals surface area contributed by atoms with E-state index in [9.17, 15) is 0 Å². The van der Waals surface area contributed by atoms with E-state index in [-0.39, 0.29) is 0 Å². The van der Waals surface area contributed by atoms with Crippen LogP contribution < -0.4 is 0 Å². The third-order valence-corrected chi connectivity index (χ3v) is 4.31. The van der Waals surface area contributed by atoms with Crippen molar-refractivity contribution in [2.45, 2.75) is 13.8 Å². The van der Waals surface area contributed by atoms with Crippen LogP contribution in [0.5, 0.6) is 0 Å². The van der Waals surface area contributed by atoms with Gasteiger partial charge in [0.1, 0.15) is 0 Å². The maximum absolute atomic E-state index is 4.04. The van der Waals surface area contributed by atoms with Gasteiger partial charge in [-0.15, -0.1) is 0 Å². The zero-order valence-electron chi connectivity index (χ0n) is 13.2. The Labute approximate surface area is 132 Å². The topological polar surface area (TPSA) is 0 Å². The van der Waals surface area contributed by atoms with Crippen molar-refractivity contribution < 1.29 is 0 Å². The molecule has 3 rings (SSSR count). The zero-order chi connectivity index (χ0) is 15.7. The largest absolute Gasteiger partial charge is 0.0984 e. The second kappa shape index (κ2) is 5.65. The minimum Gasteiger partial charge on any atom is -0.0984 e. The minimum absolute atomic E-state index is 1.16. The van der Waals surface area contributed by atoms with Crippen molar-refractivity contribution in [3.63, 3.8) is 0 Å². The van der Waals surface area contributed by atoms with E-state index in [2.05, 4.69) is 75.5 Å². The van der Waals surface area contributed by atoms with Crippen molar-refractivity contribution in [2.24, 2.45) is 0 Å². The quantitative estimate of drug-likeness (QED) is 0.521. The monoisotopic (exact) mass is 284 g/mol. The van der Waals surface area contributed by atoms with Gasteiger partial charge in [-0.2, -0.15) is 0 Å². The van der Waals surface area contributed by atoms with E-state index in [0.717, 1.165) is 5.56 Å². The number of hydrogen-bond donors (Lipinski definition) is 0. The summed E-state index contributed by atoms with van der Waals surface area (Å²) in [4.78, 5) is 0. The molecule has 108 valence electrons. The minimum atomic E-state index is 1.16. The van der Waals surface area contributed by atoms with Crippen LogP contribution in [0.1, 0.15) is 22.3 Å². The summed E-state index contributed by atoms with van der Waals surface area (Å²) in [6.07, 6.45) is 3.89. The molecule has 0 heterocycles. The predicted molar refractivity (Wildman–Crippen MR) is 99.0 cm³/mol. The summed E-state index contributed by atoms with van der Waals surface area (Å²) in [5.41, 5.74) is 7.32. The van der Waals surface area contributed by atoms with E-state index in [1.54, 1.807) is 0 Å². The molecule has 0 heteroatoms. The number of rotatable bonds is 3. The fourth-order valence-electron chi connectivity index (χ4n) is 3.16. The maximum Gasteiger partial charge on any atom is -0.00268 e. The molecule has 0 atom stereocenters. The second-order valence-corrected chi connectivity index (χ2v) is 5.65. The highest BCUT2D eigenvalue weighted by atomic mass is 14.2. The SMILES string of the molecule is C=Cc1c(C=C)c(-c2ccc(C)cc2)c2ccccc2c1C. The Morgan fingerprint density at radius 3 is 1.91 bits per heavy atom. The Balaban J connectivity index is 2.51. The summed E-state index contributed by atoms with van der Waals surface area (Å²) >= 11 is 0. The average molecular weight is 284 g/mol. The summed E-state index contributed by atoms with van der Waals surface area (Å²) < 4.78 is 0. The Hall–Kier alpha value is -2.60. The molecule has 0 N–H and O–H groups in total. The molecule has 0 spiro atoms. The van der Waals surface area contributed by atoms with Crippen LogP contribution >= 0.6 is 0 Å². The highest BCUT2D eigenvalue weighted by Gasteiger charge is 2.14. The van der Waals surface area contributed by atoms with Crippen molar-refractivity contribution in [3.8, 4) is 11.1 Å². The summed E-state index contributed by atoms with van der Waals surface area (Å²) in [5.74, 6) is 0. The van der Waals surface area contributed by atoms with Crippen LogP contribution in [0.4, 0.5) is 0 Å². The molecule has 0 unspecified atom stereocenters. The first kappa shape index (κ1) is 14.3. The van der Waals surface area contributed by atoms with Crippen molar-refractivity contribution in [3.05, 3.63) is 83.9 Å². The molecule has 0 nitrogen and oxygen atoms in total. The molecule has 3 aromatic rings. The van der Waals surface area contributed by atoms with Crippen LogP contribution in [0.25, 0.3) is 34.1 Å². The van der Waals surface area contributed by atoms with E-state index < -0.39 is 0 Å². The van der Waals surface area contributed by atoms with Crippen LogP contribution in [-0.2, 0) is 0 Å². The Morgan fingerprint density at radius 2 is 1.32 bits per heavy atom. The lowest BCUT2D eigenvalue weighted by Crippen LogP contribution is -1.95. The molecule has 0 saturated heterocycles. The highest BCUT2D eigenvalue weighted by Crippen LogP contribution is 2.38. The number of aryl methyl sites for hydroxylation is 2. The first-order chi connectivity index (χ1) is 10.7. The first-order valence-corrected chi connectivity index (χ1v) is 7.54. The predicted octanol–water partition coefficient (Wildman–Crippen LogP) is 6.41. The van der Waals surface area contributed by atoms with Gasteiger partial charge in [-0.05, 0) is 52.4 Å². The molecule has 0 aliphatic carbocycles. The molecule has 0 aliphatic rings. The lowest BCUT2D eigenvalue weighted by Gasteiger charge is -2.17. The van der Waals surface area contributed by atoms with Crippen LogP contribution in [-0.4, -0.2) is 0 Å². The van der Waals surface area contributed by atoms with Gasteiger partial charge in [-0.25, -0.2) is 0 Å². The maximum atomic E-state index is 4.04. The molecule has 0 radical (unpaired) electrons. The molecular formula is C22H20. The van der Waals surface area contributed by atoms with Gasteiger partial charge in [-0.3, -0.25) is 0 Å². The first-order valence-electron chi connectivity index (χ1n) is 7.54. The van der Waals surface area contributed by atoms with Gasteiger partial charge in [0.25, 0.3) is 0 Å². The van der Waals surface area contributed by atoms with Gasteiger partial charge < -0.3 is 0 Å². The zero-order valence-corrected chi connectivity index (χ0v) is 13.2. The summed E-state index contributed by atoms with van der Waals surface area (Å²) in [7, 11) is 0. The van der Waals surface area contributed by atoms with Crippen molar-refractivity contribution in [2.75, 3.05) is 0 Å². The fourth-order valence-corrected chi connectivity index (χ4v) is 3.16. The van der Waals surface area contributed by atoms with Gasteiger partial charge in [0.15, 0.2) is 0 Å². The van der Waals surface area contributed by atoms with E-state index in [4.69, 9.17) is 0 Å². The lowest BCUT2D eigenvalue weighted by molar-refractivity contribution is 1.45. The Kier molecular flexibility index (Phi) is 3.68. The van der Waals surface area contributed by atoms with Gasteiger partial charge in [-0.1, -0.05) is 79.4 Å². The summed E-state index contributed by atoms with van der Waals surface area (Å²) in [5, 5.41) is 2.54. The highest BCUT2D eigenvalue weighted by molar-refractivity contribution is 6.05. The van der Waals surface area contributed by atoms with E-state index in [1.807, 2.05) is 12.2 Å². The normalized spacial score (nSPS) is 10.6. The van der Waals surface area contributed by atoms with Gasteiger partial charge in [0.05, 0.1) is 0 Å². The number of benzene rings is 3. The molecule has 22 heavy (non-hydrogen) atoms. The average Bonchev–Trinajstić information content (AvgIpc) is 2.56. The summed E-state index contributed by atoms with van der Waals surface area (Å²) in [6, 6.07) is 17.3. The smallest absolute Gasteiger partial charge is 0.00268 e.